The molecule has 0 spiro atoms. The first-order valence-electron chi connectivity index (χ1n) is 6.51. The summed E-state index contributed by atoms with van der Waals surface area (Å²) in [7, 11) is 1.55. The zero-order chi connectivity index (χ0) is 15.9. The van der Waals surface area contributed by atoms with Crippen molar-refractivity contribution < 1.29 is 14.3 Å². The maximum Gasteiger partial charge on any atom is 0.248 e. The third kappa shape index (κ3) is 4.56. The van der Waals surface area contributed by atoms with Crippen molar-refractivity contribution in [3.05, 3.63) is 70.7 Å². The van der Waals surface area contributed by atoms with Crippen LogP contribution >= 0.6 is 15.9 Å². The first-order valence-corrected chi connectivity index (χ1v) is 7.31. The van der Waals surface area contributed by atoms with E-state index in [0.717, 1.165) is 4.47 Å². The lowest BCUT2D eigenvalue weighted by molar-refractivity contribution is -0.111. The summed E-state index contributed by atoms with van der Waals surface area (Å²) >= 11 is 3.30. The molecule has 0 radical (unpaired) electrons. The van der Waals surface area contributed by atoms with Crippen molar-refractivity contribution >= 4 is 33.3 Å². The molecule has 0 bridgehead atoms. The van der Waals surface area contributed by atoms with Crippen LogP contribution in [0.2, 0.25) is 0 Å². The van der Waals surface area contributed by atoms with Gasteiger partial charge in [0.15, 0.2) is 5.78 Å². The summed E-state index contributed by atoms with van der Waals surface area (Å²) in [6.45, 7) is 0. The number of carbonyl (C=O) groups excluding carboxylic acids is 2. The van der Waals surface area contributed by atoms with Gasteiger partial charge >= 0.3 is 0 Å². The number of hydrogen-bond donors (Lipinski definition) is 1. The summed E-state index contributed by atoms with van der Waals surface area (Å²) in [6, 6.07) is 13.9. The maximum atomic E-state index is 11.9. The number of halogens is 1. The molecule has 0 aromatic heterocycles. The lowest BCUT2D eigenvalue weighted by atomic mass is 10.1. The summed E-state index contributed by atoms with van der Waals surface area (Å²) in [5.41, 5.74) is 1.12. The van der Waals surface area contributed by atoms with Crippen LogP contribution in [0, 0.1) is 0 Å². The fourth-order valence-electron chi connectivity index (χ4n) is 1.75. The molecule has 0 saturated heterocycles. The Labute approximate surface area is 136 Å². The number of benzene rings is 2. The minimum Gasteiger partial charge on any atom is -0.497 e. The lowest BCUT2D eigenvalue weighted by Crippen LogP contribution is -2.08. The van der Waals surface area contributed by atoms with Crippen LogP contribution in [0.3, 0.4) is 0 Å². The predicted molar refractivity (Wildman–Crippen MR) is 89.2 cm³/mol. The van der Waals surface area contributed by atoms with Crippen molar-refractivity contribution in [1.82, 2.24) is 0 Å². The molecule has 112 valence electrons. The van der Waals surface area contributed by atoms with Gasteiger partial charge in [0.05, 0.1) is 7.11 Å². The molecular formula is C17H14BrNO3. The highest BCUT2D eigenvalue weighted by atomic mass is 79.9. The third-order valence-corrected chi connectivity index (χ3v) is 3.38. The smallest absolute Gasteiger partial charge is 0.248 e. The number of allylic oxidation sites excluding steroid dienone is 1. The fraction of sp³-hybridized carbons (Fsp3) is 0.0588. The quantitative estimate of drug-likeness (QED) is 0.651. The van der Waals surface area contributed by atoms with Gasteiger partial charge < -0.3 is 10.1 Å². The Kier molecular flexibility index (Phi) is 5.49. The molecule has 0 aliphatic carbocycles. The van der Waals surface area contributed by atoms with Gasteiger partial charge in [0, 0.05) is 27.9 Å². The number of amides is 1. The van der Waals surface area contributed by atoms with Gasteiger partial charge in [-0.25, -0.2) is 0 Å². The van der Waals surface area contributed by atoms with Crippen LogP contribution < -0.4 is 10.1 Å². The van der Waals surface area contributed by atoms with Crippen LogP contribution in [0.15, 0.2) is 65.2 Å². The van der Waals surface area contributed by atoms with Crippen LogP contribution in [0.4, 0.5) is 5.69 Å². The van der Waals surface area contributed by atoms with Crippen LogP contribution in [-0.2, 0) is 4.79 Å². The van der Waals surface area contributed by atoms with E-state index in [1.807, 2.05) is 0 Å². The van der Waals surface area contributed by atoms with Gasteiger partial charge in [-0.1, -0.05) is 22.0 Å². The van der Waals surface area contributed by atoms with E-state index < -0.39 is 0 Å². The Balaban J connectivity index is 1.98. The highest BCUT2D eigenvalue weighted by Gasteiger charge is 2.03. The molecule has 0 aliphatic heterocycles. The van der Waals surface area contributed by atoms with Crippen LogP contribution in [0.5, 0.6) is 5.75 Å². The number of ketones is 1. The molecule has 0 atom stereocenters. The second-order valence-electron chi connectivity index (χ2n) is 4.43. The van der Waals surface area contributed by atoms with E-state index >= 15 is 0 Å². The predicted octanol–water partition coefficient (Wildman–Crippen LogP) is 3.84. The summed E-state index contributed by atoms with van der Waals surface area (Å²) in [6.07, 6.45) is 2.46. The molecule has 5 heteroatoms. The van der Waals surface area contributed by atoms with Gasteiger partial charge in [-0.2, -0.15) is 0 Å². The van der Waals surface area contributed by atoms with Gasteiger partial charge in [-0.05, 0) is 42.5 Å². The largest absolute Gasteiger partial charge is 0.497 e. The second-order valence-corrected chi connectivity index (χ2v) is 5.34. The number of hydrogen-bond acceptors (Lipinski definition) is 3. The first kappa shape index (κ1) is 16.0. The number of ether oxygens (including phenoxy) is 1. The van der Waals surface area contributed by atoms with E-state index in [1.165, 1.54) is 12.2 Å². The minimum atomic E-state index is -0.376. The summed E-state index contributed by atoms with van der Waals surface area (Å²) in [5.74, 6) is 0.0414. The van der Waals surface area contributed by atoms with Crippen molar-refractivity contribution in [1.29, 1.82) is 0 Å². The van der Waals surface area contributed by atoms with Gasteiger partial charge in [-0.15, -0.1) is 0 Å². The van der Waals surface area contributed by atoms with E-state index in [9.17, 15) is 9.59 Å². The van der Waals surface area contributed by atoms with Crippen LogP contribution in [0.1, 0.15) is 10.4 Å². The summed E-state index contributed by atoms with van der Waals surface area (Å²) in [4.78, 5) is 23.7. The van der Waals surface area contributed by atoms with Gasteiger partial charge in [0.25, 0.3) is 0 Å². The summed E-state index contributed by atoms with van der Waals surface area (Å²) < 4.78 is 5.97. The van der Waals surface area contributed by atoms with Gasteiger partial charge in [0.2, 0.25) is 5.91 Å². The van der Waals surface area contributed by atoms with Crippen molar-refractivity contribution in [3.8, 4) is 5.75 Å². The highest BCUT2D eigenvalue weighted by Crippen LogP contribution is 2.16. The van der Waals surface area contributed by atoms with Gasteiger partial charge in [-0.3, -0.25) is 9.59 Å². The molecule has 2 aromatic carbocycles. The SMILES string of the molecule is COc1cccc(NC(=O)/C=C/C(=O)c2ccc(Br)cc2)c1. The molecule has 2 rings (SSSR count). The molecule has 0 fully saturated rings. The Morgan fingerprint density at radius 2 is 1.82 bits per heavy atom. The Morgan fingerprint density at radius 1 is 1.09 bits per heavy atom. The third-order valence-electron chi connectivity index (χ3n) is 2.85. The lowest BCUT2D eigenvalue weighted by Gasteiger charge is -2.04. The molecular weight excluding hydrogens is 346 g/mol. The average molecular weight is 360 g/mol. The van der Waals surface area contributed by atoms with E-state index in [4.69, 9.17) is 4.74 Å². The van der Waals surface area contributed by atoms with Crippen LogP contribution in [-0.4, -0.2) is 18.8 Å². The number of anilines is 1. The van der Waals surface area contributed by atoms with Crippen LogP contribution in [0.25, 0.3) is 0 Å². The number of rotatable bonds is 5. The van der Waals surface area contributed by atoms with Crippen molar-refractivity contribution in [2.45, 2.75) is 0 Å². The molecule has 0 aliphatic rings. The molecule has 0 unspecified atom stereocenters. The number of carbonyl (C=O) groups is 2. The first-order chi connectivity index (χ1) is 10.6. The Morgan fingerprint density at radius 3 is 2.50 bits per heavy atom. The molecule has 22 heavy (non-hydrogen) atoms. The van der Waals surface area contributed by atoms with Gasteiger partial charge in [0.1, 0.15) is 5.75 Å². The second kappa shape index (κ2) is 7.56. The molecule has 0 heterocycles. The van der Waals surface area contributed by atoms with E-state index in [0.29, 0.717) is 17.0 Å². The zero-order valence-corrected chi connectivity index (χ0v) is 13.5. The Hall–Kier alpha value is -2.40. The fourth-order valence-corrected chi connectivity index (χ4v) is 2.01. The molecule has 4 nitrogen and oxygen atoms in total. The molecule has 2 aromatic rings. The molecule has 0 saturated carbocycles. The normalized spacial score (nSPS) is 10.5. The maximum absolute atomic E-state index is 11.9. The number of methoxy groups -OCH3 is 1. The molecule has 1 N–H and O–H groups in total. The topological polar surface area (TPSA) is 55.4 Å². The molecule has 1 amide bonds. The zero-order valence-electron chi connectivity index (χ0n) is 11.9. The van der Waals surface area contributed by atoms with E-state index in [1.54, 1.807) is 55.6 Å². The summed E-state index contributed by atoms with van der Waals surface area (Å²) in [5, 5.41) is 2.67. The van der Waals surface area contributed by atoms with Crippen molar-refractivity contribution in [2.24, 2.45) is 0 Å². The Bertz CT molecular complexity index is 708. The average Bonchev–Trinajstić information content (AvgIpc) is 2.53. The van der Waals surface area contributed by atoms with Crippen molar-refractivity contribution in [3.63, 3.8) is 0 Å². The number of nitrogens with one attached hydrogen (secondary N) is 1. The minimum absolute atomic E-state index is 0.228. The monoisotopic (exact) mass is 359 g/mol. The van der Waals surface area contributed by atoms with E-state index in [-0.39, 0.29) is 11.7 Å². The highest BCUT2D eigenvalue weighted by molar-refractivity contribution is 9.10. The van der Waals surface area contributed by atoms with Crippen molar-refractivity contribution in [2.75, 3.05) is 12.4 Å². The van der Waals surface area contributed by atoms with E-state index in [2.05, 4.69) is 21.2 Å². The standard InChI is InChI=1S/C17H14BrNO3/c1-22-15-4-2-3-14(11-15)19-17(21)10-9-16(20)12-5-7-13(18)8-6-12/h2-11H,1H3,(H,19,21)/b10-9+.